The Hall–Kier alpha value is -2.16. The lowest BCUT2D eigenvalue weighted by Crippen LogP contribution is -2.23. The van der Waals surface area contributed by atoms with Crippen LogP contribution in [0.3, 0.4) is 0 Å². The molecular weight excluding hydrogens is 382 g/mol. The molecule has 0 aromatic carbocycles. The molecule has 3 heteroatoms. The molecule has 0 amide bonds. The number of carbonyl (C=O) groups excluding carboxylic acids is 1. The van der Waals surface area contributed by atoms with Gasteiger partial charge < -0.3 is 4.74 Å². The second-order valence-corrected chi connectivity index (χ2v) is 10.2. The molecule has 172 valence electrons. The molecule has 3 nitrogen and oxygen atoms in total. The fourth-order valence-corrected chi connectivity index (χ4v) is 3.64. The highest BCUT2D eigenvalue weighted by Crippen LogP contribution is 2.40. The molecule has 0 aliphatic heterocycles. The van der Waals surface area contributed by atoms with Crippen LogP contribution in [-0.2, 0) is 9.53 Å². The van der Waals surface area contributed by atoms with Gasteiger partial charge in [-0.3, -0.25) is 9.79 Å². The lowest BCUT2D eigenvalue weighted by molar-refractivity contribution is -0.154. The van der Waals surface area contributed by atoms with Crippen molar-refractivity contribution in [1.29, 1.82) is 0 Å². The first-order valence-corrected chi connectivity index (χ1v) is 11.5. The van der Waals surface area contributed by atoms with Gasteiger partial charge in [0, 0.05) is 19.2 Å². The van der Waals surface area contributed by atoms with Crippen molar-refractivity contribution in [2.24, 2.45) is 10.4 Å². The Balaban J connectivity index is 2.47. The maximum atomic E-state index is 11.6. The number of esters is 1. The molecule has 0 fully saturated rings. The molecule has 31 heavy (non-hydrogen) atoms. The monoisotopic (exact) mass is 425 g/mol. The zero-order valence-corrected chi connectivity index (χ0v) is 21.0. The van der Waals surface area contributed by atoms with Crippen LogP contribution in [0.1, 0.15) is 87.5 Å². The maximum Gasteiger partial charge on any atom is 0.306 e. The first kappa shape index (κ1) is 26.9. The van der Waals surface area contributed by atoms with Gasteiger partial charge in [-0.1, -0.05) is 55.4 Å². The Morgan fingerprint density at radius 1 is 1.13 bits per heavy atom. The van der Waals surface area contributed by atoms with E-state index in [1.807, 2.05) is 33.1 Å². The molecule has 0 bridgehead atoms. The average molecular weight is 426 g/mol. The van der Waals surface area contributed by atoms with E-state index in [0.29, 0.717) is 19.4 Å². The van der Waals surface area contributed by atoms with Gasteiger partial charge in [0.2, 0.25) is 0 Å². The van der Waals surface area contributed by atoms with E-state index in [1.165, 1.54) is 36.0 Å². The minimum atomic E-state index is -0.419. The normalized spacial score (nSPS) is 18.6. The second-order valence-electron chi connectivity index (χ2n) is 10.2. The quantitative estimate of drug-likeness (QED) is 0.164. The Morgan fingerprint density at radius 3 is 2.45 bits per heavy atom. The van der Waals surface area contributed by atoms with Crippen LogP contribution in [-0.4, -0.2) is 24.3 Å². The van der Waals surface area contributed by atoms with E-state index in [2.05, 4.69) is 70.0 Å². The smallest absolute Gasteiger partial charge is 0.306 e. The van der Waals surface area contributed by atoms with Gasteiger partial charge in [-0.05, 0) is 89.9 Å². The molecule has 0 unspecified atom stereocenters. The predicted octanol–water partition coefficient (Wildman–Crippen LogP) is 7.71. The lowest BCUT2D eigenvalue weighted by Gasteiger charge is -2.32. The molecule has 0 saturated heterocycles. The molecule has 0 N–H and O–H groups in total. The van der Waals surface area contributed by atoms with Gasteiger partial charge in [0.25, 0.3) is 0 Å². The van der Waals surface area contributed by atoms with E-state index < -0.39 is 5.60 Å². The van der Waals surface area contributed by atoms with Gasteiger partial charge in [0.15, 0.2) is 0 Å². The van der Waals surface area contributed by atoms with Gasteiger partial charge in [0.1, 0.15) is 5.60 Å². The minimum Gasteiger partial charge on any atom is -0.460 e. The molecule has 0 atom stereocenters. The number of nitrogens with zero attached hydrogens (tertiary/aromatic N) is 1. The standard InChI is InChI=1S/C28H43NO2/c1-22(16-17-25-24(3)14-10-19-28(25,7)8)12-9-13-23(2)18-21-29-20-11-15-26(30)31-27(4,5)6/h9,12-13,16-18,21H,10-11,14-15,19-20H2,1-8H3/b13-9+,17-16+,22-12+,23-18+,29-21?. The molecule has 1 aliphatic carbocycles. The summed E-state index contributed by atoms with van der Waals surface area (Å²) in [6.07, 6.45) is 19.5. The van der Waals surface area contributed by atoms with Crippen molar-refractivity contribution < 1.29 is 9.53 Å². The molecule has 1 aliphatic rings. The van der Waals surface area contributed by atoms with Crippen LogP contribution in [0.25, 0.3) is 0 Å². The Kier molecular flexibility index (Phi) is 11.0. The fraction of sp³-hybridized carbons (Fsp3) is 0.571. The third kappa shape index (κ3) is 11.7. The summed E-state index contributed by atoms with van der Waals surface area (Å²) in [4.78, 5) is 16.0. The third-order valence-electron chi connectivity index (χ3n) is 5.30. The van der Waals surface area contributed by atoms with Crippen LogP contribution < -0.4 is 0 Å². The highest BCUT2D eigenvalue weighted by atomic mass is 16.6. The molecule has 0 radical (unpaired) electrons. The number of ether oxygens (including phenoxy) is 1. The van der Waals surface area contributed by atoms with Gasteiger partial charge >= 0.3 is 5.97 Å². The number of aliphatic imine (C=N–C) groups is 1. The van der Waals surface area contributed by atoms with Gasteiger partial charge in [-0.25, -0.2) is 0 Å². The predicted molar refractivity (Wildman–Crippen MR) is 135 cm³/mol. The summed E-state index contributed by atoms with van der Waals surface area (Å²) >= 11 is 0. The SMILES string of the molecule is CC1=C(/C=C/C(C)=C/C=C/C(C)=C/C=NCCCC(=O)OC(C)(C)C)C(C)(C)CCC1. The van der Waals surface area contributed by atoms with Crippen LogP contribution >= 0.6 is 0 Å². The summed E-state index contributed by atoms with van der Waals surface area (Å²) in [5.41, 5.74) is 5.25. The highest BCUT2D eigenvalue weighted by molar-refractivity contribution is 5.73. The van der Waals surface area contributed by atoms with Crippen LogP contribution in [0.4, 0.5) is 0 Å². The summed E-state index contributed by atoms with van der Waals surface area (Å²) in [6, 6.07) is 0. The summed E-state index contributed by atoms with van der Waals surface area (Å²) in [5, 5.41) is 0. The maximum absolute atomic E-state index is 11.6. The van der Waals surface area contributed by atoms with Crippen LogP contribution in [0.5, 0.6) is 0 Å². The molecule has 0 aromatic heterocycles. The number of rotatable bonds is 9. The van der Waals surface area contributed by atoms with Crippen molar-refractivity contribution in [3.63, 3.8) is 0 Å². The summed E-state index contributed by atoms with van der Waals surface area (Å²) < 4.78 is 5.29. The van der Waals surface area contributed by atoms with E-state index in [0.717, 1.165) is 5.57 Å². The van der Waals surface area contributed by atoms with Gasteiger partial charge in [-0.2, -0.15) is 0 Å². The highest BCUT2D eigenvalue weighted by Gasteiger charge is 2.26. The Morgan fingerprint density at radius 2 is 1.81 bits per heavy atom. The molecular formula is C28H43NO2. The number of carbonyl (C=O) groups is 1. The van der Waals surface area contributed by atoms with Crippen molar-refractivity contribution in [2.75, 3.05) is 6.54 Å². The minimum absolute atomic E-state index is 0.160. The molecule has 0 heterocycles. The van der Waals surface area contributed by atoms with E-state index in [-0.39, 0.29) is 11.4 Å². The van der Waals surface area contributed by atoms with Crippen LogP contribution in [0.15, 0.2) is 63.7 Å². The van der Waals surface area contributed by atoms with E-state index >= 15 is 0 Å². The largest absolute Gasteiger partial charge is 0.460 e. The molecule has 0 aromatic rings. The van der Waals surface area contributed by atoms with Crippen molar-refractivity contribution >= 4 is 12.2 Å². The molecule has 0 saturated carbocycles. The van der Waals surface area contributed by atoms with E-state index in [1.54, 1.807) is 0 Å². The lowest BCUT2D eigenvalue weighted by atomic mass is 9.72. The van der Waals surface area contributed by atoms with Gasteiger partial charge in [0.05, 0.1) is 0 Å². The second kappa shape index (κ2) is 12.6. The Bertz CT molecular complexity index is 780. The van der Waals surface area contributed by atoms with Crippen LogP contribution in [0, 0.1) is 5.41 Å². The first-order valence-electron chi connectivity index (χ1n) is 11.5. The van der Waals surface area contributed by atoms with Crippen molar-refractivity contribution in [3.05, 3.63) is 58.7 Å². The third-order valence-corrected chi connectivity index (χ3v) is 5.30. The summed E-state index contributed by atoms with van der Waals surface area (Å²) in [6.45, 7) is 17.4. The zero-order chi connectivity index (χ0) is 23.5. The number of hydrogen-bond acceptors (Lipinski definition) is 3. The van der Waals surface area contributed by atoms with Crippen LogP contribution in [0.2, 0.25) is 0 Å². The first-order chi connectivity index (χ1) is 14.4. The number of hydrogen-bond donors (Lipinski definition) is 0. The zero-order valence-electron chi connectivity index (χ0n) is 21.0. The Labute approximate surface area is 190 Å². The summed E-state index contributed by atoms with van der Waals surface area (Å²) in [7, 11) is 0. The molecule has 1 rings (SSSR count). The van der Waals surface area contributed by atoms with Gasteiger partial charge in [-0.15, -0.1) is 0 Å². The molecule has 0 spiro atoms. The van der Waals surface area contributed by atoms with Crippen molar-refractivity contribution in [2.45, 2.75) is 93.1 Å². The number of allylic oxidation sites excluding steroid dienone is 10. The topological polar surface area (TPSA) is 38.7 Å². The van der Waals surface area contributed by atoms with Crippen molar-refractivity contribution in [3.8, 4) is 0 Å². The average Bonchev–Trinajstić information content (AvgIpc) is 2.62. The van der Waals surface area contributed by atoms with Crippen molar-refractivity contribution in [1.82, 2.24) is 0 Å². The summed E-state index contributed by atoms with van der Waals surface area (Å²) in [5.74, 6) is -0.160. The van der Waals surface area contributed by atoms with E-state index in [4.69, 9.17) is 4.74 Å². The fourth-order valence-electron chi connectivity index (χ4n) is 3.64. The van der Waals surface area contributed by atoms with E-state index in [9.17, 15) is 4.79 Å².